The Morgan fingerprint density at radius 1 is 1.05 bits per heavy atom. The summed E-state index contributed by atoms with van der Waals surface area (Å²) in [6, 6.07) is 13.5. The second-order valence-corrected chi connectivity index (χ2v) is 11.6. The van der Waals surface area contributed by atoms with Gasteiger partial charge in [-0.25, -0.2) is 8.42 Å². The molecule has 4 rings (SSSR count). The van der Waals surface area contributed by atoms with Crippen molar-refractivity contribution >= 4 is 38.4 Å². The first-order chi connectivity index (χ1) is 18.5. The average Bonchev–Trinajstić information content (AvgIpc) is 3.28. The number of furan rings is 1. The van der Waals surface area contributed by atoms with Crippen LogP contribution in [0.3, 0.4) is 0 Å². The Morgan fingerprint density at radius 2 is 1.77 bits per heavy atom. The highest BCUT2D eigenvalue weighted by Gasteiger charge is 2.47. The fraction of sp³-hybridized carbons (Fsp3) is 0.310. The molecule has 9 nitrogen and oxygen atoms in total. The van der Waals surface area contributed by atoms with Crippen LogP contribution in [0, 0.1) is 12.8 Å². The number of amides is 1. The van der Waals surface area contributed by atoms with E-state index in [1.54, 1.807) is 51.1 Å². The number of allylic oxidation sites excluding steroid dienone is 2. The van der Waals surface area contributed by atoms with Gasteiger partial charge in [0.1, 0.15) is 17.4 Å². The third-order valence-corrected chi connectivity index (χ3v) is 8.74. The molecule has 1 unspecified atom stereocenters. The fourth-order valence-electron chi connectivity index (χ4n) is 4.58. The van der Waals surface area contributed by atoms with Crippen molar-refractivity contribution in [1.82, 2.24) is 10.0 Å². The average molecular weight is 553 g/mol. The Labute approximate surface area is 227 Å². The highest BCUT2D eigenvalue weighted by molar-refractivity contribution is 7.91. The molecular formula is C29H32N2O7S. The van der Waals surface area contributed by atoms with E-state index in [4.69, 9.17) is 13.9 Å². The second-order valence-electron chi connectivity index (χ2n) is 9.66. The maximum absolute atomic E-state index is 13.9. The minimum Gasteiger partial charge on any atom is -0.496 e. The summed E-state index contributed by atoms with van der Waals surface area (Å²) >= 11 is 0. The molecule has 1 aliphatic carbocycles. The Kier molecular flexibility index (Phi) is 7.99. The van der Waals surface area contributed by atoms with Crippen LogP contribution in [-0.4, -0.2) is 45.4 Å². The molecule has 2 N–H and O–H groups in total. The van der Waals surface area contributed by atoms with E-state index in [1.807, 2.05) is 30.3 Å². The van der Waals surface area contributed by atoms with Crippen molar-refractivity contribution in [2.24, 2.45) is 5.92 Å². The van der Waals surface area contributed by atoms with Gasteiger partial charge >= 0.3 is 5.97 Å². The normalized spacial score (nSPS) is 18.1. The van der Waals surface area contributed by atoms with Crippen molar-refractivity contribution in [3.8, 4) is 5.75 Å². The van der Waals surface area contributed by atoms with Gasteiger partial charge in [0, 0.05) is 12.0 Å². The van der Waals surface area contributed by atoms with Crippen molar-refractivity contribution in [1.29, 1.82) is 0 Å². The summed E-state index contributed by atoms with van der Waals surface area (Å²) in [6.45, 7) is 5.11. The largest absolute Gasteiger partial charge is 0.496 e. The number of ether oxygens (including phenoxy) is 2. The van der Waals surface area contributed by atoms with Crippen LogP contribution in [-0.2, 0) is 19.6 Å². The number of carbonyl (C=O) groups is 2. The number of carbonyl (C=O) groups excluding carboxylic acids is 2. The number of fused-ring (bicyclic) bond motifs is 1. The van der Waals surface area contributed by atoms with Gasteiger partial charge in [-0.2, -0.15) is 4.72 Å². The van der Waals surface area contributed by atoms with E-state index >= 15 is 0 Å². The maximum Gasteiger partial charge on any atom is 0.324 e. The number of aryl methyl sites for hydroxylation is 1. The Balaban J connectivity index is 1.76. The third-order valence-electron chi connectivity index (χ3n) is 6.81. The molecule has 0 radical (unpaired) electrons. The predicted octanol–water partition coefficient (Wildman–Crippen LogP) is 4.34. The number of hydrogen-bond acceptors (Lipinski definition) is 7. The van der Waals surface area contributed by atoms with Crippen LogP contribution in [0.1, 0.15) is 41.9 Å². The number of hydrogen-bond donors (Lipinski definition) is 2. The number of rotatable bonds is 9. The van der Waals surface area contributed by atoms with Gasteiger partial charge < -0.3 is 19.2 Å². The van der Waals surface area contributed by atoms with Crippen molar-refractivity contribution in [2.45, 2.75) is 38.1 Å². The molecule has 1 amide bonds. The van der Waals surface area contributed by atoms with Crippen LogP contribution in [0.4, 0.5) is 0 Å². The van der Waals surface area contributed by atoms with E-state index in [2.05, 4.69) is 10.0 Å². The van der Waals surface area contributed by atoms with Gasteiger partial charge in [0.05, 0.1) is 19.6 Å². The Bertz CT molecular complexity index is 1550. The van der Waals surface area contributed by atoms with Gasteiger partial charge in [0.25, 0.3) is 5.91 Å². The molecule has 1 heterocycles. The van der Waals surface area contributed by atoms with Gasteiger partial charge in [-0.1, -0.05) is 62.4 Å². The Hall–Kier alpha value is -3.89. The zero-order valence-corrected chi connectivity index (χ0v) is 23.3. The van der Waals surface area contributed by atoms with E-state index in [0.717, 1.165) is 11.1 Å². The van der Waals surface area contributed by atoms with Crippen LogP contribution < -0.4 is 14.8 Å². The van der Waals surface area contributed by atoms with E-state index < -0.39 is 38.7 Å². The molecule has 206 valence electrons. The lowest BCUT2D eigenvalue weighted by molar-refractivity contribution is -0.143. The lowest BCUT2D eigenvalue weighted by Crippen LogP contribution is -2.60. The number of methoxy groups -OCH3 is 2. The zero-order chi connectivity index (χ0) is 28.4. The molecule has 0 spiro atoms. The second kappa shape index (κ2) is 11.1. The molecule has 10 heteroatoms. The molecule has 3 aromatic rings. The quantitative estimate of drug-likeness (QED) is 0.379. The van der Waals surface area contributed by atoms with Gasteiger partial charge in [-0.05, 0) is 42.2 Å². The topological polar surface area (TPSA) is 124 Å². The van der Waals surface area contributed by atoms with Gasteiger partial charge in [0.2, 0.25) is 10.0 Å². The summed E-state index contributed by atoms with van der Waals surface area (Å²) in [5.74, 6) is -1.37. The standard InChI is InChI=1S/C29H32N2O7S/c1-18(2)25(28(33)37-5)31-39(34,35)29(16-14-21(15-17-29)20-10-7-6-8-11-20)30-27(32)26-19(3)24-22(36-4)12-9-13-23(24)38-26/h6-16,18,25,31H,17H2,1-5H3,(H,30,32)/t25-,29?/m0/s1. The molecule has 39 heavy (non-hydrogen) atoms. The Morgan fingerprint density at radius 3 is 2.36 bits per heavy atom. The molecule has 0 aliphatic heterocycles. The first kappa shape index (κ1) is 28.1. The smallest absolute Gasteiger partial charge is 0.324 e. The summed E-state index contributed by atoms with van der Waals surface area (Å²) in [6.07, 6.45) is 4.73. The summed E-state index contributed by atoms with van der Waals surface area (Å²) in [5, 5.41) is 3.32. The molecule has 1 aromatic heterocycles. The summed E-state index contributed by atoms with van der Waals surface area (Å²) in [7, 11) is -1.68. The lowest BCUT2D eigenvalue weighted by Gasteiger charge is -2.34. The SMILES string of the molecule is COC(=O)[C@@H](NS(=O)(=O)C1(NC(=O)c2oc3cccc(OC)c3c2C)C=CC(c2ccccc2)=CC1)C(C)C. The minimum atomic E-state index is -4.39. The van der Waals surface area contributed by atoms with Crippen molar-refractivity contribution in [3.05, 3.63) is 83.6 Å². The monoisotopic (exact) mass is 552 g/mol. The van der Waals surface area contributed by atoms with Crippen LogP contribution in [0.25, 0.3) is 16.5 Å². The number of benzene rings is 2. The summed E-state index contributed by atoms with van der Waals surface area (Å²) < 4.78 is 46.5. The van der Waals surface area contributed by atoms with Gasteiger partial charge in [-0.15, -0.1) is 0 Å². The minimum absolute atomic E-state index is 0.0383. The first-order valence-electron chi connectivity index (χ1n) is 12.5. The molecule has 0 bridgehead atoms. The molecular weight excluding hydrogens is 520 g/mol. The lowest BCUT2D eigenvalue weighted by atomic mass is 9.96. The molecule has 0 saturated carbocycles. The van der Waals surface area contributed by atoms with Crippen LogP contribution >= 0.6 is 0 Å². The maximum atomic E-state index is 13.9. The van der Waals surface area contributed by atoms with Crippen molar-refractivity contribution < 1.29 is 31.9 Å². The van der Waals surface area contributed by atoms with E-state index in [9.17, 15) is 18.0 Å². The first-order valence-corrected chi connectivity index (χ1v) is 13.9. The van der Waals surface area contributed by atoms with Crippen LogP contribution in [0.15, 0.2) is 71.2 Å². The van der Waals surface area contributed by atoms with E-state index in [1.165, 1.54) is 20.3 Å². The number of nitrogens with one attached hydrogen (secondary N) is 2. The van der Waals surface area contributed by atoms with E-state index in [-0.39, 0.29) is 12.2 Å². The number of sulfonamides is 1. The number of esters is 1. The molecule has 2 atom stereocenters. The molecule has 0 fully saturated rings. The third kappa shape index (κ3) is 5.35. The summed E-state index contributed by atoms with van der Waals surface area (Å²) in [5.41, 5.74) is 2.64. The van der Waals surface area contributed by atoms with Gasteiger partial charge in [-0.3, -0.25) is 9.59 Å². The molecule has 0 saturated heterocycles. The van der Waals surface area contributed by atoms with Crippen molar-refractivity contribution in [3.63, 3.8) is 0 Å². The summed E-state index contributed by atoms with van der Waals surface area (Å²) in [4.78, 5) is 24.1. The highest BCUT2D eigenvalue weighted by atomic mass is 32.2. The van der Waals surface area contributed by atoms with Crippen LogP contribution in [0.2, 0.25) is 0 Å². The zero-order valence-electron chi connectivity index (χ0n) is 22.5. The predicted molar refractivity (Wildman–Crippen MR) is 149 cm³/mol. The molecule has 2 aromatic carbocycles. The highest BCUT2D eigenvalue weighted by Crippen LogP contribution is 2.35. The van der Waals surface area contributed by atoms with Crippen molar-refractivity contribution in [2.75, 3.05) is 14.2 Å². The fourth-order valence-corrected chi connectivity index (χ4v) is 6.27. The molecule has 1 aliphatic rings. The van der Waals surface area contributed by atoms with Crippen LogP contribution in [0.5, 0.6) is 5.75 Å². The van der Waals surface area contributed by atoms with Gasteiger partial charge in [0.15, 0.2) is 10.6 Å². The van der Waals surface area contributed by atoms with E-state index in [0.29, 0.717) is 22.3 Å².